The molecule has 0 aliphatic heterocycles. The molecule has 0 saturated heterocycles. The summed E-state index contributed by atoms with van der Waals surface area (Å²) in [6.07, 6.45) is 10.6. The van der Waals surface area contributed by atoms with Crippen LogP contribution in [0.15, 0.2) is 161 Å². The molecule has 2 aliphatic carbocycles. The molecule has 3 N–H and O–H groups in total. The summed E-state index contributed by atoms with van der Waals surface area (Å²) in [6.45, 7) is 0. The minimum absolute atomic E-state index is 0. The molecule has 0 bridgehead atoms. The number of hydrogen-bond acceptors (Lipinski definition) is 12. The van der Waals surface area contributed by atoms with Gasteiger partial charge < -0.3 is 29.2 Å². The number of anilines is 2. The number of amides is 1. The average molecular weight is 1110 g/mol. The average Bonchev–Trinajstić information content (AvgIpc) is 3.63. The van der Waals surface area contributed by atoms with Gasteiger partial charge in [0, 0.05) is 57.6 Å². The van der Waals surface area contributed by atoms with Gasteiger partial charge in [-0.25, -0.2) is 14.6 Å². The normalized spacial score (nSPS) is 13.2. The second-order valence-electron chi connectivity index (χ2n) is 20.0. The monoisotopic (exact) mass is 1110 g/mol. The Morgan fingerprint density at radius 1 is 0.573 bits per heavy atom. The Bertz CT molecular complexity index is 4520. The van der Waals surface area contributed by atoms with E-state index in [-0.39, 0.29) is 78.2 Å². The number of hydrogen-bond donors (Lipinski definition) is 2. The molecule has 5 aromatic carbocycles. The lowest BCUT2D eigenvalue weighted by atomic mass is 9.88. The summed E-state index contributed by atoms with van der Waals surface area (Å²) in [5.74, 6) is 0.751. The van der Waals surface area contributed by atoms with Crippen molar-refractivity contribution in [2.45, 2.75) is 85.0 Å². The third-order valence-corrected chi connectivity index (χ3v) is 15.2. The molecule has 1 amide bonds. The highest BCUT2D eigenvalue weighted by molar-refractivity contribution is 5.95. The number of carbonyl (C=O) groups excluding carboxylic acids is 1. The topological polar surface area (TPSA) is 256 Å². The summed E-state index contributed by atoms with van der Waals surface area (Å²) >= 11 is 0. The number of pyridine rings is 3. The fourth-order valence-electron chi connectivity index (χ4n) is 10.8. The Labute approximate surface area is 473 Å². The van der Waals surface area contributed by atoms with Crippen molar-refractivity contribution in [3.8, 4) is 17.8 Å². The van der Waals surface area contributed by atoms with E-state index >= 15 is 0 Å². The summed E-state index contributed by atoms with van der Waals surface area (Å²) in [5, 5.41) is 23.2. The zero-order valence-corrected chi connectivity index (χ0v) is 44.8. The summed E-state index contributed by atoms with van der Waals surface area (Å²) in [6, 6.07) is 41.8. The van der Waals surface area contributed by atoms with Crippen molar-refractivity contribution in [1.82, 2.24) is 27.8 Å². The summed E-state index contributed by atoms with van der Waals surface area (Å²) < 4.78 is 12.7. The van der Waals surface area contributed by atoms with Crippen LogP contribution in [0.1, 0.15) is 103 Å². The predicted octanol–water partition coefficient (Wildman–Crippen LogP) is 10.2. The highest BCUT2D eigenvalue weighted by Crippen LogP contribution is 2.33. The highest BCUT2D eigenvalue weighted by atomic mass is 16.4. The summed E-state index contributed by atoms with van der Waals surface area (Å²) in [5.41, 5.74) is 8.04. The molecular formula is C64H68N10O8. The van der Waals surface area contributed by atoms with Crippen molar-refractivity contribution in [3.63, 3.8) is 0 Å². The van der Waals surface area contributed by atoms with E-state index in [1.165, 1.54) is 17.4 Å². The fourth-order valence-corrected chi connectivity index (χ4v) is 10.8. The molecule has 18 nitrogen and oxygen atoms in total. The van der Waals surface area contributed by atoms with Gasteiger partial charge >= 0.3 is 11.4 Å². The lowest BCUT2D eigenvalue weighted by molar-refractivity contribution is -0.120. The van der Waals surface area contributed by atoms with Crippen molar-refractivity contribution in [1.29, 1.82) is 10.5 Å². The molecule has 5 aromatic heterocycles. The number of nitrogens with two attached hydrogens (primary N) is 1. The molecule has 2 aliphatic rings. The van der Waals surface area contributed by atoms with Crippen molar-refractivity contribution in [2.24, 2.45) is 34.1 Å². The lowest BCUT2D eigenvalue weighted by Crippen LogP contribution is -2.31. The molecule has 2 fully saturated rings. The molecule has 12 rings (SSSR count). The Morgan fingerprint density at radius 3 is 1.57 bits per heavy atom. The Balaban J connectivity index is 0.000000184. The first-order chi connectivity index (χ1) is 38.7. The minimum atomic E-state index is -0.635. The van der Waals surface area contributed by atoms with Crippen molar-refractivity contribution in [3.05, 3.63) is 206 Å². The predicted molar refractivity (Wildman–Crippen MR) is 327 cm³/mol. The van der Waals surface area contributed by atoms with E-state index in [1.807, 2.05) is 90.5 Å². The number of para-hydroxylation sites is 5. The molecule has 0 atom stereocenters. The molecule has 18 heteroatoms. The van der Waals surface area contributed by atoms with E-state index < -0.39 is 11.4 Å². The van der Waals surface area contributed by atoms with Crippen molar-refractivity contribution >= 4 is 72.2 Å². The molecule has 2 saturated carbocycles. The van der Waals surface area contributed by atoms with Gasteiger partial charge in [0.15, 0.2) is 5.65 Å². The van der Waals surface area contributed by atoms with E-state index in [4.69, 9.17) is 16.0 Å². The van der Waals surface area contributed by atoms with E-state index in [1.54, 1.807) is 95.5 Å². The van der Waals surface area contributed by atoms with E-state index in [0.29, 0.717) is 44.0 Å². The zero-order valence-electron chi connectivity index (χ0n) is 44.8. The highest BCUT2D eigenvalue weighted by Gasteiger charge is 2.27. The Hall–Kier alpha value is -9.94. The second-order valence-corrected chi connectivity index (χ2v) is 20.0. The molecular weight excluding hydrogens is 1040 g/mol. The van der Waals surface area contributed by atoms with Gasteiger partial charge in [0.05, 0.1) is 33.1 Å². The number of nitrogens with zero attached hydrogens (tertiary/aromatic N) is 8. The summed E-state index contributed by atoms with van der Waals surface area (Å²) in [4.78, 5) is 91.0. The number of nitrogen functional groups attached to an aromatic ring is 1. The van der Waals surface area contributed by atoms with Crippen LogP contribution in [0.2, 0.25) is 0 Å². The van der Waals surface area contributed by atoms with Crippen LogP contribution in [0.5, 0.6) is 0 Å². The third-order valence-electron chi connectivity index (χ3n) is 15.2. The summed E-state index contributed by atoms with van der Waals surface area (Å²) in [7, 11) is 6.94. The number of carbonyl (C=O) groups is 1. The molecule has 5 heterocycles. The molecule has 0 unspecified atom stereocenters. The third kappa shape index (κ3) is 11.6. The number of fused-ring (bicyclic) bond motifs is 5. The van der Waals surface area contributed by atoms with Crippen molar-refractivity contribution < 1.29 is 10.6 Å². The SMILES string of the molecule is C.C.Cn1c(=O)oc(=O)c2ccccc21.Cn1c(N)c(C#N)c(=O)c2ccccc21.Cn1c(NC(=O)C2CCCCC2)c(C#N)c(=O)c2ccccc21.Cn1c2ccccc2c(=O)c2c(=O)n(-c3ccccc3)c(C3CCCCC3)nc21.[2HH]. The zero-order chi connectivity index (χ0) is 56.8. The largest absolute Gasteiger partial charge is 0.422 e. The van der Waals surface area contributed by atoms with Gasteiger partial charge in [0.1, 0.15) is 46.1 Å². The maximum Gasteiger partial charge on any atom is 0.422 e. The van der Waals surface area contributed by atoms with Crippen LogP contribution < -0.4 is 44.3 Å². The number of aromatic nitrogens is 6. The molecule has 10 aromatic rings. The van der Waals surface area contributed by atoms with Gasteiger partial charge in [0.2, 0.25) is 22.2 Å². The van der Waals surface area contributed by atoms with Crippen LogP contribution in [0, 0.1) is 28.6 Å². The van der Waals surface area contributed by atoms with Crippen LogP contribution in [-0.4, -0.2) is 33.7 Å². The van der Waals surface area contributed by atoms with E-state index in [0.717, 1.165) is 73.9 Å². The smallest absolute Gasteiger partial charge is 0.384 e. The number of rotatable bonds is 4. The first kappa shape index (κ1) is 59.7. The van der Waals surface area contributed by atoms with Crippen LogP contribution in [0.3, 0.4) is 0 Å². The van der Waals surface area contributed by atoms with Gasteiger partial charge in [-0.15, -0.1) is 0 Å². The minimum Gasteiger partial charge on any atom is -0.384 e. The van der Waals surface area contributed by atoms with Crippen LogP contribution in [0.25, 0.3) is 60.3 Å². The lowest BCUT2D eigenvalue weighted by Gasteiger charge is -2.25. The van der Waals surface area contributed by atoms with Gasteiger partial charge in [-0.2, -0.15) is 10.5 Å². The standard InChI is InChI=1S/C24H23N3O2.C18H19N3O2.C11H9N3O.C9H7NO3.2CH4.H2/c1-26-19-15-9-8-14-18(19)21(28)20-23(26)25-22(16-10-4-2-5-11-16)27(24(20)29)17-12-6-3-7-13-17;1-21-15-10-6-5-9-13(15)16(22)14(11-19)17(21)20-18(23)12-7-3-2-4-8-12;1-14-9-5-3-2-4-7(9)10(15)8(6-12)11(14)13;1-10-7-5-3-2-4-6(7)8(11)13-9(10)12;;;/h3,6-9,12-16H,2,4-5,10-11H2,1H3;5-6,9-10,12H,2-4,7-8H2,1H3,(H,20,23);2-5H,13H2,1H3;2-5H,1H3;2*1H4;1H/i;;;;;;1+1. The van der Waals surface area contributed by atoms with E-state index in [9.17, 15) is 38.8 Å². The van der Waals surface area contributed by atoms with Gasteiger partial charge in [-0.05, 0) is 86.3 Å². The quantitative estimate of drug-likeness (QED) is 0.156. The Kier molecular flexibility index (Phi) is 18.9. The molecule has 0 radical (unpaired) electrons. The maximum atomic E-state index is 13.7. The number of nitriles is 2. The van der Waals surface area contributed by atoms with Crippen LogP contribution >= 0.6 is 0 Å². The maximum absolute atomic E-state index is 13.7. The fraction of sp³-hybridized carbons (Fsp3) is 0.281. The first-order valence-corrected chi connectivity index (χ1v) is 26.4. The van der Waals surface area contributed by atoms with Crippen molar-refractivity contribution in [2.75, 3.05) is 11.1 Å². The van der Waals surface area contributed by atoms with Crippen LogP contribution in [0.4, 0.5) is 11.6 Å². The van der Waals surface area contributed by atoms with Gasteiger partial charge in [-0.3, -0.25) is 33.1 Å². The number of benzene rings is 5. The second kappa shape index (κ2) is 25.9. The van der Waals surface area contributed by atoms with Gasteiger partial charge in [-0.1, -0.05) is 120 Å². The van der Waals surface area contributed by atoms with E-state index in [2.05, 4.69) is 9.73 Å². The van der Waals surface area contributed by atoms with Crippen LogP contribution in [-0.2, 0) is 33.0 Å². The molecule has 82 heavy (non-hydrogen) atoms. The number of nitrogens with one attached hydrogen (secondary N) is 1. The Morgan fingerprint density at radius 2 is 1.02 bits per heavy atom. The first-order valence-electron chi connectivity index (χ1n) is 26.4. The number of aryl methyl sites for hydroxylation is 4. The molecule has 0 spiro atoms. The molecule has 422 valence electrons. The van der Waals surface area contributed by atoms with Gasteiger partial charge in [0.25, 0.3) is 5.56 Å².